The summed E-state index contributed by atoms with van der Waals surface area (Å²) >= 11 is 0. The van der Waals surface area contributed by atoms with Crippen LogP contribution in [0.5, 0.6) is 0 Å². The number of rotatable bonds is 3. The number of aromatic nitrogens is 3. The first-order valence-electron chi connectivity index (χ1n) is 8.22. The van der Waals surface area contributed by atoms with E-state index in [2.05, 4.69) is 20.3 Å². The summed E-state index contributed by atoms with van der Waals surface area (Å²) in [5.41, 5.74) is 2.28. The Morgan fingerprint density at radius 1 is 1.23 bits per heavy atom. The van der Waals surface area contributed by atoms with E-state index in [-0.39, 0.29) is 12.1 Å². The maximum absolute atomic E-state index is 11.8. The molecule has 0 aliphatic carbocycles. The normalized spacial score (nSPS) is 11.3. The molecule has 0 atom stereocenters. The molecule has 0 bridgehead atoms. The average Bonchev–Trinajstić information content (AvgIpc) is 2.58. The van der Waals surface area contributed by atoms with Crippen LogP contribution in [0.3, 0.4) is 0 Å². The molecule has 0 aliphatic rings. The molecule has 2 N–H and O–H groups in total. The molecule has 26 heavy (non-hydrogen) atoms. The highest BCUT2D eigenvalue weighted by Gasteiger charge is 2.15. The van der Waals surface area contributed by atoms with Crippen LogP contribution in [0.25, 0.3) is 22.2 Å². The summed E-state index contributed by atoms with van der Waals surface area (Å²) in [6.07, 6.45) is 2.85. The van der Waals surface area contributed by atoms with Crippen molar-refractivity contribution < 1.29 is 9.53 Å². The van der Waals surface area contributed by atoms with E-state index in [1.165, 1.54) is 6.07 Å². The number of carbonyl (C=O) groups is 1. The van der Waals surface area contributed by atoms with Crippen molar-refractivity contribution in [2.75, 3.05) is 0 Å². The summed E-state index contributed by atoms with van der Waals surface area (Å²) in [5, 5.41) is 3.57. The predicted octanol–water partition coefficient (Wildman–Crippen LogP) is 3.01. The van der Waals surface area contributed by atoms with Crippen molar-refractivity contribution in [1.82, 2.24) is 20.3 Å². The van der Waals surface area contributed by atoms with Crippen molar-refractivity contribution in [2.24, 2.45) is 0 Å². The minimum atomic E-state index is -0.548. The van der Waals surface area contributed by atoms with Gasteiger partial charge in [0.25, 0.3) is 0 Å². The molecule has 0 aromatic carbocycles. The maximum Gasteiger partial charge on any atom is 0.407 e. The van der Waals surface area contributed by atoms with Crippen LogP contribution in [-0.2, 0) is 11.3 Å². The van der Waals surface area contributed by atoms with Gasteiger partial charge in [-0.15, -0.1) is 0 Å². The Balaban J connectivity index is 1.80. The topological polar surface area (TPSA) is 97.0 Å². The van der Waals surface area contributed by atoms with E-state index in [4.69, 9.17) is 4.74 Å². The number of nitrogens with zero attached hydrogens (tertiary/aromatic N) is 2. The van der Waals surface area contributed by atoms with Gasteiger partial charge in [0.15, 0.2) is 0 Å². The van der Waals surface area contributed by atoms with Crippen LogP contribution >= 0.6 is 0 Å². The fourth-order valence-electron chi connectivity index (χ4n) is 2.36. The van der Waals surface area contributed by atoms with Gasteiger partial charge < -0.3 is 15.0 Å². The Hall–Kier alpha value is -3.22. The third-order valence-electron chi connectivity index (χ3n) is 3.52. The highest BCUT2D eigenvalue weighted by molar-refractivity contribution is 5.81. The molecular formula is C19H20N4O3. The molecule has 0 saturated carbocycles. The fourth-order valence-corrected chi connectivity index (χ4v) is 2.36. The van der Waals surface area contributed by atoms with Crippen molar-refractivity contribution in [3.63, 3.8) is 0 Å². The van der Waals surface area contributed by atoms with E-state index < -0.39 is 11.7 Å². The van der Waals surface area contributed by atoms with Crippen molar-refractivity contribution in [3.05, 3.63) is 58.8 Å². The highest BCUT2D eigenvalue weighted by atomic mass is 16.6. The summed E-state index contributed by atoms with van der Waals surface area (Å²) in [5.74, 6) is 0. The number of hydrogen-bond donors (Lipinski definition) is 2. The molecule has 0 aliphatic heterocycles. The Morgan fingerprint density at radius 3 is 2.73 bits per heavy atom. The van der Waals surface area contributed by atoms with Gasteiger partial charge in [-0.05, 0) is 45.0 Å². The number of fused-ring (bicyclic) bond motifs is 1. The van der Waals surface area contributed by atoms with Crippen LogP contribution in [0.1, 0.15) is 26.5 Å². The van der Waals surface area contributed by atoms with Crippen LogP contribution in [0.2, 0.25) is 0 Å². The van der Waals surface area contributed by atoms with Gasteiger partial charge in [0.05, 0.1) is 23.4 Å². The summed E-state index contributed by atoms with van der Waals surface area (Å²) in [6, 6.07) is 8.79. The van der Waals surface area contributed by atoms with Crippen LogP contribution in [0.4, 0.5) is 4.79 Å². The lowest BCUT2D eigenvalue weighted by Gasteiger charge is -2.19. The zero-order chi connectivity index (χ0) is 18.7. The minimum absolute atomic E-state index is 0.158. The number of nitrogens with one attached hydrogen (secondary N) is 2. The zero-order valence-electron chi connectivity index (χ0n) is 14.9. The molecular weight excluding hydrogens is 332 g/mol. The Morgan fingerprint density at radius 2 is 2.04 bits per heavy atom. The molecule has 7 heteroatoms. The van der Waals surface area contributed by atoms with Gasteiger partial charge in [-0.25, -0.2) is 9.78 Å². The number of aromatic amines is 1. The van der Waals surface area contributed by atoms with Crippen LogP contribution in [-0.4, -0.2) is 26.6 Å². The lowest BCUT2D eigenvalue weighted by atomic mass is 10.1. The molecule has 1 amide bonds. The quantitative estimate of drug-likeness (QED) is 0.755. The molecule has 0 spiro atoms. The van der Waals surface area contributed by atoms with Crippen LogP contribution in [0.15, 0.2) is 47.5 Å². The van der Waals surface area contributed by atoms with Gasteiger partial charge in [0.2, 0.25) is 5.56 Å². The highest BCUT2D eigenvalue weighted by Crippen LogP contribution is 2.19. The van der Waals surface area contributed by atoms with Gasteiger partial charge in [0.1, 0.15) is 5.60 Å². The van der Waals surface area contributed by atoms with Crippen LogP contribution < -0.4 is 10.9 Å². The summed E-state index contributed by atoms with van der Waals surface area (Å²) in [4.78, 5) is 34.5. The molecule has 0 unspecified atom stereocenters. The first-order valence-corrected chi connectivity index (χ1v) is 8.22. The second-order valence-corrected chi connectivity index (χ2v) is 6.86. The van der Waals surface area contributed by atoms with E-state index in [1.54, 1.807) is 18.5 Å². The van der Waals surface area contributed by atoms with E-state index in [0.717, 1.165) is 22.2 Å². The largest absolute Gasteiger partial charge is 0.444 e. The van der Waals surface area contributed by atoms with Gasteiger partial charge in [-0.3, -0.25) is 9.78 Å². The first-order chi connectivity index (χ1) is 12.3. The second kappa shape index (κ2) is 6.95. The van der Waals surface area contributed by atoms with Crippen molar-refractivity contribution in [2.45, 2.75) is 32.9 Å². The fraction of sp³-hybridized carbons (Fsp3) is 0.263. The Bertz CT molecular complexity index is 985. The molecule has 3 rings (SSSR count). The monoisotopic (exact) mass is 352 g/mol. The van der Waals surface area contributed by atoms with Crippen molar-refractivity contribution in [3.8, 4) is 11.3 Å². The molecule has 0 radical (unpaired) electrons. The molecule has 0 fully saturated rings. The van der Waals surface area contributed by atoms with Gasteiger partial charge in [-0.1, -0.05) is 0 Å². The summed E-state index contributed by atoms with van der Waals surface area (Å²) in [6.45, 7) is 5.67. The Labute approximate surface area is 150 Å². The summed E-state index contributed by atoms with van der Waals surface area (Å²) in [7, 11) is 0. The van der Waals surface area contributed by atoms with Crippen molar-refractivity contribution >= 4 is 17.0 Å². The third kappa shape index (κ3) is 4.44. The van der Waals surface area contributed by atoms with Gasteiger partial charge in [0, 0.05) is 29.4 Å². The van der Waals surface area contributed by atoms with E-state index in [1.807, 2.05) is 39.0 Å². The molecule has 0 saturated heterocycles. The first kappa shape index (κ1) is 17.6. The van der Waals surface area contributed by atoms with E-state index in [9.17, 15) is 9.59 Å². The number of ether oxygens (including phenoxy) is 1. The van der Waals surface area contributed by atoms with Gasteiger partial charge >= 0.3 is 6.09 Å². The maximum atomic E-state index is 11.8. The second-order valence-electron chi connectivity index (χ2n) is 6.86. The number of alkyl carbamates (subject to hydrolysis) is 1. The third-order valence-corrected chi connectivity index (χ3v) is 3.52. The number of pyridine rings is 3. The number of H-pyrrole nitrogens is 1. The number of carbonyl (C=O) groups excluding carboxylic acids is 1. The molecule has 3 aromatic rings. The Kier molecular flexibility index (Phi) is 4.71. The predicted molar refractivity (Wildman–Crippen MR) is 98.7 cm³/mol. The van der Waals surface area contributed by atoms with E-state index >= 15 is 0 Å². The average molecular weight is 352 g/mol. The molecule has 134 valence electrons. The van der Waals surface area contributed by atoms with Crippen LogP contribution in [0, 0.1) is 0 Å². The zero-order valence-corrected chi connectivity index (χ0v) is 14.9. The number of amides is 1. The smallest absolute Gasteiger partial charge is 0.407 e. The molecule has 7 nitrogen and oxygen atoms in total. The number of hydrogen-bond acceptors (Lipinski definition) is 5. The standard InChI is InChI=1S/C19H20N4O3/c1-19(2,3)26-18(25)22-11-14-8-16-13(9-20-14)4-6-15(23-16)12-5-7-17(24)21-10-12/h4-10H,11H2,1-3H3,(H,21,24)(H,22,25). The minimum Gasteiger partial charge on any atom is -0.444 e. The lowest BCUT2D eigenvalue weighted by molar-refractivity contribution is 0.0523. The molecule has 3 aromatic heterocycles. The van der Waals surface area contributed by atoms with Gasteiger partial charge in [-0.2, -0.15) is 0 Å². The summed E-state index contributed by atoms with van der Waals surface area (Å²) < 4.78 is 5.21. The van der Waals surface area contributed by atoms with Crippen molar-refractivity contribution in [1.29, 1.82) is 0 Å². The lowest BCUT2D eigenvalue weighted by Crippen LogP contribution is -2.32. The molecule has 3 heterocycles. The van der Waals surface area contributed by atoms with E-state index in [0.29, 0.717) is 5.69 Å². The SMILES string of the molecule is CC(C)(C)OC(=O)NCc1cc2nc(-c3ccc(=O)[nH]c3)ccc2cn1.